The van der Waals surface area contributed by atoms with Gasteiger partial charge in [0.15, 0.2) is 0 Å². The molecule has 0 atom stereocenters. The first-order valence-corrected chi connectivity index (χ1v) is 12.9. The van der Waals surface area contributed by atoms with Gasteiger partial charge in [-0.15, -0.1) is 11.3 Å². The Morgan fingerprint density at radius 1 is 1.15 bits per heavy atom. The molecular weight excluding hydrogens is 476 g/mol. The molecule has 0 saturated carbocycles. The largest absolute Gasteiger partial charge is 0.312 e. The Kier molecular flexibility index (Phi) is 6.28. The van der Waals surface area contributed by atoms with E-state index in [0.717, 1.165) is 6.42 Å². The third-order valence-electron chi connectivity index (χ3n) is 5.18. The Labute approximate surface area is 201 Å². The van der Waals surface area contributed by atoms with E-state index in [2.05, 4.69) is 9.71 Å². The molecule has 4 rings (SSSR count). The van der Waals surface area contributed by atoms with E-state index in [1.807, 2.05) is 0 Å². The Morgan fingerprint density at radius 3 is 2.44 bits per heavy atom. The van der Waals surface area contributed by atoms with Crippen LogP contribution in [-0.4, -0.2) is 36.3 Å². The normalized spacial score (nSPS) is 14.6. The van der Waals surface area contributed by atoms with Crippen LogP contribution in [0.25, 0.3) is 21.0 Å². The molecule has 178 valence electrons. The smallest absolute Gasteiger partial charge is 0.269 e. The number of nitro benzene ring substituents is 1. The number of nitrogens with one attached hydrogen (secondary N) is 1. The first-order valence-electron chi connectivity index (χ1n) is 10.6. The molecule has 9 nitrogen and oxygen atoms in total. The van der Waals surface area contributed by atoms with Crippen molar-refractivity contribution in [3.8, 4) is 21.0 Å². The van der Waals surface area contributed by atoms with E-state index < -0.39 is 20.5 Å². The standard InChI is InChI=1S/C23H24N4O5S2/c1-23(2,3)25-34(31,32)20-13-17(26-12-4-5-21(26)28)10-11-18(20)19-14-24-22(33-19)15-6-8-16(9-7-15)27(29)30/h6-11,13-14,25H,4-5,12H2,1-3H3. The highest BCUT2D eigenvalue weighted by molar-refractivity contribution is 7.89. The molecule has 3 aromatic rings. The lowest BCUT2D eigenvalue weighted by molar-refractivity contribution is -0.384. The lowest BCUT2D eigenvalue weighted by Crippen LogP contribution is -2.40. The van der Waals surface area contributed by atoms with E-state index >= 15 is 0 Å². The molecule has 1 N–H and O–H groups in total. The summed E-state index contributed by atoms with van der Waals surface area (Å²) in [7, 11) is -3.92. The van der Waals surface area contributed by atoms with Gasteiger partial charge in [0, 0.05) is 53.6 Å². The minimum Gasteiger partial charge on any atom is -0.312 e. The summed E-state index contributed by atoms with van der Waals surface area (Å²) >= 11 is 1.29. The van der Waals surface area contributed by atoms with Crippen molar-refractivity contribution in [2.75, 3.05) is 11.4 Å². The van der Waals surface area contributed by atoms with Crippen LogP contribution in [0.15, 0.2) is 53.6 Å². The van der Waals surface area contributed by atoms with Gasteiger partial charge in [0.1, 0.15) is 5.01 Å². The molecule has 1 fully saturated rings. The first-order chi connectivity index (χ1) is 15.9. The van der Waals surface area contributed by atoms with Crippen molar-refractivity contribution >= 4 is 38.6 Å². The molecule has 0 spiro atoms. The molecule has 34 heavy (non-hydrogen) atoms. The van der Waals surface area contributed by atoms with Crippen LogP contribution in [0.2, 0.25) is 0 Å². The van der Waals surface area contributed by atoms with E-state index in [-0.39, 0.29) is 16.5 Å². The zero-order chi connectivity index (χ0) is 24.7. The number of sulfonamides is 1. The summed E-state index contributed by atoms with van der Waals surface area (Å²) < 4.78 is 29.4. The molecule has 2 aromatic carbocycles. The van der Waals surface area contributed by atoms with Gasteiger partial charge in [-0.05, 0) is 51.5 Å². The maximum absolute atomic E-state index is 13.4. The lowest BCUT2D eigenvalue weighted by atomic mass is 10.1. The summed E-state index contributed by atoms with van der Waals surface area (Å²) in [4.78, 5) is 29.4. The van der Waals surface area contributed by atoms with E-state index in [1.165, 1.54) is 29.5 Å². The van der Waals surface area contributed by atoms with E-state index in [4.69, 9.17) is 0 Å². The highest BCUT2D eigenvalue weighted by atomic mass is 32.2. The summed E-state index contributed by atoms with van der Waals surface area (Å²) in [6, 6.07) is 11.0. The van der Waals surface area contributed by atoms with Crippen molar-refractivity contribution in [3.05, 3.63) is 58.8 Å². The minimum atomic E-state index is -3.92. The highest BCUT2D eigenvalue weighted by Crippen LogP contribution is 2.38. The number of nitrogens with zero attached hydrogens (tertiary/aromatic N) is 3. The van der Waals surface area contributed by atoms with Gasteiger partial charge in [0.25, 0.3) is 5.69 Å². The molecule has 1 amide bonds. The molecule has 2 heterocycles. The summed E-state index contributed by atoms with van der Waals surface area (Å²) in [6.07, 6.45) is 2.77. The number of hydrogen-bond donors (Lipinski definition) is 1. The number of benzene rings is 2. The summed E-state index contributed by atoms with van der Waals surface area (Å²) in [6.45, 7) is 5.83. The molecule has 1 saturated heterocycles. The Bertz CT molecular complexity index is 1360. The van der Waals surface area contributed by atoms with Crippen LogP contribution in [0.4, 0.5) is 11.4 Å². The van der Waals surface area contributed by atoms with E-state index in [9.17, 15) is 23.3 Å². The van der Waals surface area contributed by atoms with E-state index in [0.29, 0.717) is 39.7 Å². The summed E-state index contributed by atoms with van der Waals surface area (Å²) in [5, 5.41) is 11.5. The van der Waals surface area contributed by atoms with Crippen molar-refractivity contribution in [1.29, 1.82) is 0 Å². The third-order valence-corrected chi connectivity index (χ3v) is 8.05. The number of rotatable bonds is 6. The fourth-order valence-electron chi connectivity index (χ4n) is 3.74. The van der Waals surface area contributed by atoms with Crippen LogP contribution < -0.4 is 9.62 Å². The predicted molar refractivity (Wildman–Crippen MR) is 131 cm³/mol. The second-order valence-corrected chi connectivity index (χ2v) is 11.7. The molecule has 1 aliphatic heterocycles. The van der Waals surface area contributed by atoms with Gasteiger partial charge >= 0.3 is 0 Å². The van der Waals surface area contributed by atoms with Gasteiger partial charge in [0.2, 0.25) is 15.9 Å². The van der Waals surface area contributed by atoms with Gasteiger partial charge in [-0.25, -0.2) is 18.1 Å². The molecular formula is C23H24N4O5S2. The average Bonchev–Trinajstić information content (AvgIpc) is 3.41. The van der Waals surface area contributed by atoms with Crippen LogP contribution in [0.5, 0.6) is 0 Å². The number of aromatic nitrogens is 1. The van der Waals surface area contributed by atoms with Crippen LogP contribution in [-0.2, 0) is 14.8 Å². The van der Waals surface area contributed by atoms with Crippen molar-refractivity contribution in [2.45, 2.75) is 44.0 Å². The van der Waals surface area contributed by atoms with Crippen LogP contribution >= 0.6 is 11.3 Å². The van der Waals surface area contributed by atoms with Crippen molar-refractivity contribution in [2.24, 2.45) is 0 Å². The number of thiazole rings is 1. The Hall–Kier alpha value is -3.15. The first kappa shape index (κ1) is 24.0. The zero-order valence-electron chi connectivity index (χ0n) is 18.9. The number of nitro groups is 1. The molecule has 0 unspecified atom stereocenters. The number of carbonyl (C=O) groups excluding carboxylic acids is 1. The fraction of sp³-hybridized carbons (Fsp3) is 0.304. The maximum Gasteiger partial charge on any atom is 0.269 e. The van der Waals surface area contributed by atoms with Gasteiger partial charge < -0.3 is 4.90 Å². The monoisotopic (exact) mass is 500 g/mol. The van der Waals surface area contributed by atoms with Crippen LogP contribution in [0.3, 0.4) is 0 Å². The molecule has 0 radical (unpaired) electrons. The number of anilines is 1. The Balaban J connectivity index is 1.78. The molecule has 1 aliphatic rings. The Morgan fingerprint density at radius 2 is 1.85 bits per heavy atom. The van der Waals surface area contributed by atoms with E-state index in [1.54, 1.807) is 56.1 Å². The summed E-state index contributed by atoms with van der Waals surface area (Å²) in [5.41, 5.74) is 0.985. The maximum atomic E-state index is 13.4. The van der Waals surface area contributed by atoms with Crippen molar-refractivity contribution in [1.82, 2.24) is 9.71 Å². The SMILES string of the molecule is CC(C)(C)NS(=O)(=O)c1cc(N2CCCC2=O)ccc1-c1cnc(-c2ccc([N+](=O)[O-])cc2)s1. The predicted octanol–water partition coefficient (Wildman–Crippen LogP) is 4.59. The number of amides is 1. The number of non-ortho nitro benzene ring substituents is 1. The number of carbonyl (C=O) groups is 1. The second kappa shape index (κ2) is 8.90. The summed E-state index contributed by atoms with van der Waals surface area (Å²) in [5.74, 6) is -0.0295. The quantitative estimate of drug-likeness (QED) is 0.390. The van der Waals surface area contributed by atoms with Gasteiger partial charge in [-0.2, -0.15) is 0 Å². The van der Waals surface area contributed by atoms with Crippen LogP contribution in [0.1, 0.15) is 33.6 Å². The number of hydrogen-bond acceptors (Lipinski definition) is 7. The topological polar surface area (TPSA) is 123 Å². The van der Waals surface area contributed by atoms with Gasteiger partial charge in [-0.3, -0.25) is 14.9 Å². The molecule has 11 heteroatoms. The minimum absolute atomic E-state index is 0.0192. The van der Waals surface area contributed by atoms with Crippen molar-refractivity contribution in [3.63, 3.8) is 0 Å². The average molecular weight is 501 g/mol. The van der Waals surface area contributed by atoms with Crippen molar-refractivity contribution < 1.29 is 18.1 Å². The van der Waals surface area contributed by atoms with Crippen LogP contribution in [0, 0.1) is 10.1 Å². The molecule has 1 aromatic heterocycles. The fourth-order valence-corrected chi connectivity index (χ4v) is 6.43. The zero-order valence-corrected chi connectivity index (χ0v) is 20.6. The third kappa shape index (κ3) is 5.01. The molecule has 0 bridgehead atoms. The lowest BCUT2D eigenvalue weighted by Gasteiger charge is -2.23. The highest BCUT2D eigenvalue weighted by Gasteiger charge is 2.29. The van der Waals surface area contributed by atoms with Gasteiger partial charge in [0.05, 0.1) is 14.7 Å². The van der Waals surface area contributed by atoms with Gasteiger partial charge in [-0.1, -0.05) is 6.07 Å². The second-order valence-electron chi connectivity index (χ2n) is 9.02. The molecule has 0 aliphatic carbocycles.